The van der Waals surface area contributed by atoms with Crippen molar-refractivity contribution in [1.82, 2.24) is 4.98 Å². The van der Waals surface area contributed by atoms with Gasteiger partial charge in [-0.1, -0.05) is 6.07 Å². The van der Waals surface area contributed by atoms with Crippen molar-refractivity contribution in [2.75, 3.05) is 0 Å². The molecule has 17 heavy (non-hydrogen) atoms. The van der Waals surface area contributed by atoms with Gasteiger partial charge < -0.3 is 5.73 Å². The Morgan fingerprint density at radius 2 is 1.71 bits per heavy atom. The molecule has 2 N–H and O–H groups in total. The molecule has 2 rings (SSSR count). The summed E-state index contributed by atoms with van der Waals surface area (Å²) in [6, 6.07) is 2.25. The third-order valence-corrected chi connectivity index (χ3v) is 4.38. The van der Waals surface area contributed by atoms with Crippen molar-refractivity contribution >= 4 is 11.3 Å². The summed E-state index contributed by atoms with van der Waals surface area (Å²) in [4.78, 5) is 5.58. The SMILES string of the molecule is Cc1cc(C)c(C)c(-c2cnc(CN)s2)c1C. The first-order valence-corrected chi connectivity index (χ1v) is 6.58. The zero-order chi connectivity index (χ0) is 12.6. The summed E-state index contributed by atoms with van der Waals surface area (Å²) in [6.45, 7) is 9.21. The number of hydrogen-bond acceptors (Lipinski definition) is 3. The second-order valence-electron chi connectivity index (χ2n) is 4.46. The lowest BCUT2D eigenvalue weighted by molar-refractivity contribution is 1.04. The fourth-order valence-electron chi connectivity index (χ4n) is 2.11. The van der Waals surface area contributed by atoms with Crippen LogP contribution in [-0.4, -0.2) is 4.98 Å². The van der Waals surface area contributed by atoms with Gasteiger partial charge in [0.2, 0.25) is 0 Å². The highest BCUT2D eigenvalue weighted by Gasteiger charge is 2.12. The number of hydrogen-bond donors (Lipinski definition) is 1. The standard InChI is InChI=1S/C14H18N2S/c1-8-5-9(2)11(4)14(10(8)3)12-7-16-13(6-15)17-12/h5,7H,6,15H2,1-4H3. The fraction of sp³-hybridized carbons (Fsp3) is 0.357. The molecule has 1 heterocycles. The highest BCUT2D eigenvalue weighted by atomic mass is 32.1. The second-order valence-corrected chi connectivity index (χ2v) is 5.57. The van der Waals surface area contributed by atoms with Crippen LogP contribution in [0.1, 0.15) is 27.3 Å². The summed E-state index contributed by atoms with van der Waals surface area (Å²) in [5.74, 6) is 0. The van der Waals surface area contributed by atoms with Crippen LogP contribution in [0.25, 0.3) is 10.4 Å². The lowest BCUT2D eigenvalue weighted by atomic mass is 9.94. The van der Waals surface area contributed by atoms with E-state index in [1.807, 2.05) is 6.20 Å². The highest BCUT2D eigenvalue weighted by Crippen LogP contribution is 2.34. The predicted molar refractivity (Wildman–Crippen MR) is 74.4 cm³/mol. The lowest BCUT2D eigenvalue weighted by Gasteiger charge is -2.13. The minimum absolute atomic E-state index is 0.521. The molecule has 1 aromatic carbocycles. The molecule has 0 amide bonds. The van der Waals surface area contributed by atoms with Crippen LogP contribution in [0, 0.1) is 27.7 Å². The van der Waals surface area contributed by atoms with Crippen LogP contribution >= 0.6 is 11.3 Å². The molecule has 0 saturated carbocycles. The Balaban J connectivity index is 2.65. The summed E-state index contributed by atoms with van der Waals surface area (Å²) in [7, 11) is 0. The van der Waals surface area contributed by atoms with Crippen LogP contribution in [0.15, 0.2) is 12.3 Å². The van der Waals surface area contributed by atoms with Gasteiger partial charge in [-0.05, 0) is 55.5 Å². The van der Waals surface area contributed by atoms with Crippen LogP contribution in [0.5, 0.6) is 0 Å². The van der Waals surface area contributed by atoms with E-state index >= 15 is 0 Å². The van der Waals surface area contributed by atoms with E-state index in [2.05, 4.69) is 38.7 Å². The summed E-state index contributed by atoms with van der Waals surface area (Å²) in [6.07, 6.45) is 1.95. The molecule has 0 aliphatic carbocycles. The fourth-order valence-corrected chi connectivity index (χ4v) is 3.06. The van der Waals surface area contributed by atoms with Crippen molar-refractivity contribution in [2.45, 2.75) is 34.2 Å². The number of aromatic nitrogens is 1. The maximum atomic E-state index is 5.63. The zero-order valence-corrected chi connectivity index (χ0v) is 11.6. The topological polar surface area (TPSA) is 38.9 Å². The molecule has 0 spiro atoms. The van der Waals surface area contributed by atoms with Gasteiger partial charge in [-0.15, -0.1) is 11.3 Å². The second kappa shape index (κ2) is 4.59. The van der Waals surface area contributed by atoms with Crippen LogP contribution in [0.3, 0.4) is 0 Å². The van der Waals surface area contributed by atoms with Gasteiger partial charge in [0.05, 0.1) is 4.88 Å². The zero-order valence-electron chi connectivity index (χ0n) is 10.8. The van der Waals surface area contributed by atoms with Crippen LogP contribution in [0.4, 0.5) is 0 Å². The molecular formula is C14H18N2S. The van der Waals surface area contributed by atoms with E-state index in [9.17, 15) is 0 Å². The smallest absolute Gasteiger partial charge is 0.107 e. The molecule has 0 aliphatic heterocycles. The maximum Gasteiger partial charge on any atom is 0.107 e. The maximum absolute atomic E-state index is 5.63. The van der Waals surface area contributed by atoms with Crippen molar-refractivity contribution in [1.29, 1.82) is 0 Å². The molecule has 0 bridgehead atoms. The number of nitrogens with zero attached hydrogens (tertiary/aromatic N) is 1. The average molecular weight is 246 g/mol. The Kier molecular flexibility index (Phi) is 3.31. The van der Waals surface area contributed by atoms with E-state index in [1.165, 1.54) is 32.7 Å². The highest BCUT2D eigenvalue weighted by molar-refractivity contribution is 7.15. The molecule has 2 nitrogen and oxygen atoms in total. The first-order chi connectivity index (χ1) is 8.04. The van der Waals surface area contributed by atoms with E-state index in [-0.39, 0.29) is 0 Å². The molecule has 0 fully saturated rings. The molecule has 1 aromatic heterocycles. The first kappa shape index (κ1) is 12.3. The Morgan fingerprint density at radius 1 is 1.12 bits per heavy atom. The number of aryl methyl sites for hydroxylation is 2. The molecule has 0 saturated heterocycles. The Bertz CT molecular complexity index is 529. The third-order valence-electron chi connectivity index (χ3n) is 3.34. The van der Waals surface area contributed by atoms with Gasteiger partial charge in [-0.3, -0.25) is 0 Å². The van der Waals surface area contributed by atoms with Crippen molar-refractivity contribution < 1.29 is 0 Å². The monoisotopic (exact) mass is 246 g/mol. The summed E-state index contributed by atoms with van der Waals surface area (Å²) >= 11 is 1.70. The quantitative estimate of drug-likeness (QED) is 0.880. The van der Waals surface area contributed by atoms with Crippen LogP contribution in [0.2, 0.25) is 0 Å². The van der Waals surface area contributed by atoms with E-state index < -0.39 is 0 Å². The third kappa shape index (κ3) is 2.13. The Labute approximate surface area is 107 Å². The first-order valence-electron chi connectivity index (χ1n) is 5.77. The van der Waals surface area contributed by atoms with Gasteiger partial charge in [0, 0.05) is 12.7 Å². The van der Waals surface area contributed by atoms with Gasteiger partial charge in [-0.25, -0.2) is 4.98 Å². The van der Waals surface area contributed by atoms with Crippen molar-refractivity contribution in [3.05, 3.63) is 39.5 Å². The molecular weight excluding hydrogens is 228 g/mol. The molecule has 2 aromatic rings. The lowest BCUT2D eigenvalue weighted by Crippen LogP contribution is -1.94. The summed E-state index contributed by atoms with van der Waals surface area (Å²) in [5, 5.41) is 0.998. The van der Waals surface area contributed by atoms with Crippen molar-refractivity contribution in [3.8, 4) is 10.4 Å². The molecule has 0 radical (unpaired) electrons. The summed E-state index contributed by atoms with van der Waals surface area (Å²) < 4.78 is 0. The number of nitrogens with two attached hydrogens (primary N) is 1. The Hall–Kier alpha value is -1.19. The van der Waals surface area contributed by atoms with E-state index in [0.29, 0.717) is 6.54 Å². The van der Waals surface area contributed by atoms with Gasteiger partial charge in [-0.2, -0.15) is 0 Å². The number of rotatable bonds is 2. The molecule has 90 valence electrons. The molecule has 0 unspecified atom stereocenters. The largest absolute Gasteiger partial charge is 0.325 e. The number of thiazole rings is 1. The minimum Gasteiger partial charge on any atom is -0.325 e. The average Bonchev–Trinajstić information content (AvgIpc) is 2.75. The number of benzene rings is 1. The van der Waals surface area contributed by atoms with Crippen molar-refractivity contribution in [2.24, 2.45) is 5.73 Å². The van der Waals surface area contributed by atoms with Gasteiger partial charge in [0.25, 0.3) is 0 Å². The van der Waals surface area contributed by atoms with Crippen LogP contribution < -0.4 is 5.73 Å². The van der Waals surface area contributed by atoms with Gasteiger partial charge >= 0.3 is 0 Å². The molecule has 3 heteroatoms. The van der Waals surface area contributed by atoms with Crippen molar-refractivity contribution in [3.63, 3.8) is 0 Å². The van der Waals surface area contributed by atoms with E-state index in [0.717, 1.165) is 5.01 Å². The predicted octanol–water partition coefficient (Wildman–Crippen LogP) is 3.50. The molecule has 0 aliphatic rings. The minimum atomic E-state index is 0.521. The summed E-state index contributed by atoms with van der Waals surface area (Å²) in [5.41, 5.74) is 12.3. The molecule has 0 atom stereocenters. The van der Waals surface area contributed by atoms with E-state index in [1.54, 1.807) is 11.3 Å². The normalized spacial score (nSPS) is 10.9. The van der Waals surface area contributed by atoms with E-state index in [4.69, 9.17) is 5.73 Å². The van der Waals surface area contributed by atoms with Crippen LogP contribution in [-0.2, 0) is 6.54 Å². The Morgan fingerprint density at radius 3 is 2.18 bits per heavy atom. The van der Waals surface area contributed by atoms with Gasteiger partial charge in [0.15, 0.2) is 0 Å². The van der Waals surface area contributed by atoms with Gasteiger partial charge in [0.1, 0.15) is 5.01 Å².